The second-order valence-corrected chi connectivity index (χ2v) is 3.81. The first kappa shape index (κ1) is 12.7. The van der Waals surface area contributed by atoms with Gasteiger partial charge < -0.3 is 20.4 Å². The lowest BCUT2D eigenvalue weighted by Gasteiger charge is -2.02. The molecule has 9 nitrogen and oxygen atoms in total. The zero-order chi connectivity index (χ0) is 13.7. The Hall–Kier alpha value is -2.71. The third kappa shape index (κ3) is 3.63. The van der Waals surface area contributed by atoms with Crippen molar-refractivity contribution >= 4 is 11.7 Å². The van der Waals surface area contributed by atoms with Crippen LogP contribution in [-0.4, -0.2) is 37.1 Å². The van der Waals surface area contributed by atoms with Crippen molar-refractivity contribution in [2.75, 3.05) is 6.54 Å². The van der Waals surface area contributed by atoms with Gasteiger partial charge in [-0.25, -0.2) is 4.98 Å². The van der Waals surface area contributed by atoms with Crippen LogP contribution in [0.4, 0.5) is 5.82 Å². The van der Waals surface area contributed by atoms with Gasteiger partial charge in [0.1, 0.15) is 6.54 Å². The van der Waals surface area contributed by atoms with Gasteiger partial charge >= 0.3 is 5.82 Å². The number of amides is 1. The molecule has 2 heterocycles. The number of rotatable bonds is 6. The highest BCUT2D eigenvalue weighted by Crippen LogP contribution is 2.04. The van der Waals surface area contributed by atoms with Gasteiger partial charge in [0, 0.05) is 24.9 Å². The Morgan fingerprint density at radius 2 is 2.42 bits per heavy atom. The number of carbonyl (C=O) groups excluding carboxylic acids is 1. The normalized spacial score (nSPS) is 10.3. The topological polar surface area (TPSA) is 119 Å². The van der Waals surface area contributed by atoms with E-state index in [1.807, 2.05) is 0 Å². The molecule has 0 fully saturated rings. The number of aromatic nitrogens is 4. The van der Waals surface area contributed by atoms with Gasteiger partial charge in [-0.2, -0.15) is 4.68 Å². The summed E-state index contributed by atoms with van der Waals surface area (Å²) in [6.07, 6.45) is 5.29. The number of imidazole rings is 1. The summed E-state index contributed by atoms with van der Waals surface area (Å²) in [5.41, 5.74) is 0.926. The maximum absolute atomic E-state index is 11.6. The van der Waals surface area contributed by atoms with Crippen molar-refractivity contribution in [2.24, 2.45) is 0 Å². The van der Waals surface area contributed by atoms with Crippen molar-refractivity contribution in [1.29, 1.82) is 0 Å². The Bertz CT molecular complexity index is 562. The lowest BCUT2D eigenvalue weighted by atomic mass is 10.3. The molecule has 9 heteroatoms. The third-order valence-corrected chi connectivity index (χ3v) is 2.39. The summed E-state index contributed by atoms with van der Waals surface area (Å²) >= 11 is 0. The minimum atomic E-state index is -0.605. The molecule has 2 aromatic rings. The van der Waals surface area contributed by atoms with Gasteiger partial charge in [0.05, 0.1) is 23.7 Å². The minimum absolute atomic E-state index is 0.0448. The Morgan fingerprint density at radius 3 is 3.05 bits per heavy atom. The number of nitro groups is 1. The van der Waals surface area contributed by atoms with Crippen LogP contribution < -0.4 is 5.32 Å². The number of carbonyl (C=O) groups is 1. The summed E-state index contributed by atoms with van der Waals surface area (Å²) in [6.45, 7) is 0.418. The van der Waals surface area contributed by atoms with Crippen LogP contribution in [0.5, 0.6) is 0 Å². The molecule has 1 amide bonds. The predicted molar refractivity (Wildman–Crippen MR) is 64.2 cm³/mol. The van der Waals surface area contributed by atoms with Crippen LogP contribution in [0.15, 0.2) is 24.8 Å². The Labute approximate surface area is 107 Å². The smallest absolute Gasteiger partial charge is 0.358 e. The first-order valence-electron chi connectivity index (χ1n) is 5.57. The molecule has 0 aromatic carbocycles. The molecule has 2 N–H and O–H groups in total. The van der Waals surface area contributed by atoms with Crippen LogP contribution in [0.25, 0.3) is 0 Å². The largest absolute Gasteiger partial charge is 0.389 e. The lowest BCUT2D eigenvalue weighted by Crippen LogP contribution is -2.29. The van der Waals surface area contributed by atoms with Crippen LogP contribution >= 0.6 is 0 Å². The van der Waals surface area contributed by atoms with E-state index in [1.165, 1.54) is 16.9 Å². The van der Waals surface area contributed by atoms with E-state index in [-0.39, 0.29) is 18.3 Å². The fraction of sp³-hybridized carbons (Fsp3) is 0.300. The van der Waals surface area contributed by atoms with Gasteiger partial charge in [0.25, 0.3) is 0 Å². The zero-order valence-corrected chi connectivity index (χ0v) is 9.94. The molecule has 0 aliphatic heterocycles. The van der Waals surface area contributed by atoms with Gasteiger partial charge in [0.15, 0.2) is 0 Å². The van der Waals surface area contributed by atoms with E-state index in [0.29, 0.717) is 13.0 Å². The van der Waals surface area contributed by atoms with Crippen LogP contribution in [0.2, 0.25) is 0 Å². The van der Waals surface area contributed by atoms with Crippen molar-refractivity contribution in [2.45, 2.75) is 13.0 Å². The standard InChI is InChI=1S/C10H12N6O3/c17-10(12-3-1-8-5-11-7-13-8)6-15-4-2-9(14-15)16(18)19/h2,4-5,7H,1,3,6H2,(H,11,13)(H,12,17). The molecule has 0 aliphatic rings. The fourth-order valence-corrected chi connectivity index (χ4v) is 1.50. The summed E-state index contributed by atoms with van der Waals surface area (Å²) in [5.74, 6) is -0.525. The van der Waals surface area contributed by atoms with Crippen molar-refractivity contribution in [1.82, 2.24) is 25.1 Å². The van der Waals surface area contributed by atoms with E-state index in [9.17, 15) is 14.9 Å². The number of aromatic amines is 1. The number of hydrogen-bond donors (Lipinski definition) is 2. The minimum Gasteiger partial charge on any atom is -0.358 e. The fourth-order valence-electron chi connectivity index (χ4n) is 1.50. The molecule has 2 rings (SSSR count). The molecular formula is C10H12N6O3. The maximum Gasteiger partial charge on any atom is 0.389 e. The van der Waals surface area contributed by atoms with Crippen molar-refractivity contribution in [3.05, 3.63) is 40.6 Å². The molecule has 2 aromatic heterocycles. The van der Waals surface area contributed by atoms with Gasteiger partial charge in [-0.3, -0.25) is 4.79 Å². The van der Waals surface area contributed by atoms with E-state index in [1.54, 1.807) is 12.5 Å². The Kier molecular flexibility index (Phi) is 3.86. The van der Waals surface area contributed by atoms with E-state index in [0.717, 1.165) is 5.69 Å². The van der Waals surface area contributed by atoms with Gasteiger partial charge in [-0.05, 0) is 4.92 Å². The lowest BCUT2D eigenvalue weighted by molar-refractivity contribution is -0.389. The van der Waals surface area contributed by atoms with E-state index >= 15 is 0 Å². The average molecular weight is 264 g/mol. The average Bonchev–Trinajstić information content (AvgIpc) is 3.00. The molecule has 0 radical (unpaired) electrons. The number of nitrogens with zero attached hydrogens (tertiary/aromatic N) is 4. The molecule has 0 saturated heterocycles. The molecule has 0 spiro atoms. The van der Waals surface area contributed by atoms with Crippen molar-refractivity contribution < 1.29 is 9.72 Å². The highest BCUT2D eigenvalue weighted by atomic mass is 16.6. The van der Waals surface area contributed by atoms with Crippen LogP contribution in [0.3, 0.4) is 0 Å². The zero-order valence-electron chi connectivity index (χ0n) is 9.94. The third-order valence-electron chi connectivity index (χ3n) is 2.39. The van der Waals surface area contributed by atoms with Crippen molar-refractivity contribution in [3.63, 3.8) is 0 Å². The maximum atomic E-state index is 11.6. The molecule has 0 aliphatic carbocycles. The van der Waals surface area contributed by atoms with Crippen molar-refractivity contribution in [3.8, 4) is 0 Å². The molecule has 0 atom stereocenters. The van der Waals surface area contributed by atoms with E-state index < -0.39 is 4.92 Å². The van der Waals surface area contributed by atoms with Gasteiger partial charge in [-0.15, -0.1) is 0 Å². The Balaban J connectivity index is 1.75. The number of H-pyrrole nitrogens is 1. The van der Waals surface area contributed by atoms with Crippen LogP contribution in [0.1, 0.15) is 5.69 Å². The summed E-state index contributed by atoms with van der Waals surface area (Å²) in [4.78, 5) is 28.2. The molecule has 0 bridgehead atoms. The summed E-state index contributed by atoms with van der Waals surface area (Å²) in [5, 5.41) is 16.8. The monoisotopic (exact) mass is 264 g/mol. The Morgan fingerprint density at radius 1 is 1.58 bits per heavy atom. The summed E-state index contributed by atoms with van der Waals surface area (Å²) in [6, 6.07) is 1.25. The SMILES string of the molecule is O=C(Cn1ccc([N+](=O)[O-])n1)NCCc1cnc[nH]1. The van der Waals surface area contributed by atoms with Gasteiger partial charge in [-0.1, -0.05) is 0 Å². The number of nitrogens with one attached hydrogen (secondary N) is 2. The van der Waals surface area contributed by atoms with Crippen LogP contribution in [-0.2, 0) is 17.8 Å². The second kappa shape index (κ2) is 5.76. The summed E-state index contributed by atoms with van der Waals surface area (Å²) in [7, 11) is 0. The summed E-state index contributed by atoms with van der Waals surface area (Å²) < 4.78 is 1.23. The van der Waals surface area contributed by atoms with E-state index in [2.05, 4.69) is 20.4 Å². The first-order chi connectivity index (χ1) is 9.15. The van der Waals surface area contributed by atoms with E-state index in [4.69, 9.17) is 0 Å². The predicted octanol–water partition coefficient (Wildman–Crippen LogP) is -0.127. The molecule has 100 valence electrons. The molecule has 0 unspecified atom stereocenters. The first-order valence-corrected chi connectivity index (χ1v) is 5.57. The molecule has 0 saturated carbocycles. The highest BCUT2D eigenvalue weighted by molar-refractivity contribution is 5.75. The number of hydrogen-bond acceptors (Lipinski definition) is 5. The molecular weight excluding hydrogens is 252 g/mol. The quantitative estimate of drug-likeness (QED) is 0.556. The van der Waals surface area contributed by atoms with Gasteiger partial charge in [0.2, 0.25) is 5.91 Å². The van der Waals surface area contributed by atoms with Crippen LogP contribution in [0, 0.1) is 10.1 Å². The second-order valence-electron chi connectivity index (χ2n) is 3.81. The highest BCUT2D eigenvalue weighted by Gasteiger charge is 2.12. The molecule has 19 heavy (non-hydrogen) atoms.